The van der Waals surface area contributed by atoms with E-state index in [9.17, 15) is 4.79 Å². The molecule has 3 nitrogen and oxygen atoms in total. The summed E-state index contributed by atoms with van der Waals surface area (Å²) in [6.07, 6.45) is 2.78. The smallest absolute Gasteiger partial charge is 0.220 e. The van der Waals surface area contributed by atoms with Crippen molar-refractivity contribution in [3.05, 3.63) is 74.5 Å². The predicted molar refractivity (Wildman–Crippen MR) is 104 cm³/mol. The van der Waals surface area contributed by atoms with Gasteiger partial charge in [0.1, 0.15) is 0 Å². The molecular formula is C19H16Cl2N2OS. The fourth-order valence-electron chi connectivity index (χ4n) is 2.48. The molecule has 128 valence electrons. The maximum Gasteiger partial charge on any atom is 0.220 e. The summed E-state index contributed by atoms with van der Waals surface area (Å²) in [5.41, 5.74) is 3.98. The van der Waals surface area contributed by atoms with Gasteiger partial charge in [-0.3, -0.25) is 9.78 Å². The van der Waals surface area contributed by atoms with Crippen LogP contribution in [0.4, 0.5) is 0 Å². The highest BCUT2D eigenvalue weighted by Crippen LogP contribution is 2.24. The second kappa shape index (κ2) is 8.48. The molecule has 0 aliphatic heterocycles. The third kappa shape index (κ3) is 4.82. The van der Waals surface area contributed by atoms with E-state index in [1.54, 1.807) is 29.7 Å². The monoisotopic (exact) mass is 390 g/mol. The molecule has 6 heteroatoms. The van der Waals surface area contributed by atoms with Crippen molar-refractivity contribution in [3.8, 4) is 11.3 Å². The predicted octanol–water partition coefficient (Wildman–Crippen LogP) is 5.37. The van der Waals surface area contributed by atoms with Crippen LogP contribution < -0.4 is 5.32 Å². The van der Waals surface area contributed by atoms with Gasteiger partial charge in [0.15, 0.2) is 0 Å². The van der Waals surface area contributed by atoms with Crippen LogP contribution in [-0.2, 0) is 17.8 Å². The van der Waals surface area contributed by atoms with Crippen LogP contribution in [0.1, 0.15) is 17.5 Å². The van der Waals surface area contributed by atoms with Gasteiger partial charge >= 0.3 is 0 Å². The van der Waals surface area contributed by atoms with Gasteiger partial charge in [-0.05, 0) is 47.2 Å². The van der Waals surface area contributed by atoms with Gasteiger partial charge in [0, 0.05) is 30.1 Å². The number of nitrogens with one attached hydrogen (secondary N) is 1. The topological polar surface area (TPSA) is 42.0 Å². The van der Waals surface area contributed by atoms with Crippen LogP contribution in [-0.4, -0.2) is 10.9 Å². The number of carbonyl (C=O) groups is 1. The summed E-state index contributed by atoms with van der Waals surface area (Å²) < 4.78 is 0. The van der Waals surface area contributed by atoms with E-state index in [-0.39, 0.29) is 5.91 Å². The molecule has 0 saturated heterocycles. The van der Waals surface area contributed by atoms with E-state index >= 15 is 0 Å². The second-order valence-electron chi connectivity index (χ2n) is 5.55. The van der Waals surface area contributed by atoms with Crippen LogP contribution in [0.25, 0.3) is 11.3 Å². The summed E-state index contributed by atoms with van der Waals surface area (Å²) in [6.45, 7) is 0.458. The van der Waals surface area contributed by atoms with Gasteiger partial charge in [-0.25, -0.2) is 0 Å². The molecule has 2 heterocycles. The minimum Gasteiger partial charge on any atom is -0.352 e. The van der Waals surface area contributed by atoms with Crippen LogP contribution in [0.2, 0.25) is 10.0 Å². The number of hydrogen-bond acceptors (Lipinski definition) is 3. The van der Waals surface area contributed by atoms with Gasteiger partial charge < -0.3 is 5.32 Å². The molecule has 25 heavy (non-hydrogen) atoms. The summed E-state index contributed by atoms with van der Waals surface area (Å²) >= 11 is 13.5. The first-order valence-electron chi connectivity index (χ1n) is 7.80. The van der Waals surface area contributed by atoms with Crippen molar-refractivity contribution in [1.29, 1.82) is 0 Å². The molecule has 0 fully saturated rings. The molecule has 0 bridgehead atoms. The number of benzene rings is 1. The number of pyridine rings is 1. The van der Waals surface area contributed by atoms with Crippen LogP contribution in [0.3, 0.4) is 0 Å². The molecule has 1 aromatic carbocycles. The Morgan fingerprint density at radius 3 is 2.80 bits per heavy atom. The quantitative estimate of drug-likeness (QED) is 0.614. The van der Waals surface area contributed by atoms with E-state index in [0.29, 0.717) is 29.4 Å². The zero-order valence-electron chi connectivity index (χ0n) is 13.3. The average Bonchev–Trinajstić information content (AvgIpc) is 3.15. The van der Waals surface area contributed by atoms with E-state index in [4.69, 9.17) is 23.2 Å². The van der Waals surface area contributed by atoms with E-state index in [1.807, 2.05) is 29.6 Å². The molecule has 0 unspecified atom stereocenters. The van der Waals surface area contributed by atoms with Crippen LogP contribution in [0, 0.1) is 0 Å². The Hall–Kier alpha value is -1.88. The summed E-state index contributed by atoms with van der Waals surface area (Å²) in [4.78, 5) is 16.6. The van der Waals surface area contributed by atoms with Crippen LogP contribution >= 0.6 is 34.5 Å². The van der Waals surface area contributed by atoms with Crippen molar-refractivity contribution >= 4 is 40.4 Å². The number of thiophene rings is 1. The lowest BCUT2D eigenvalue weighted by Gasteiger charge is -2.09. The van der Waals surface area contributed by atoms with Crippen molar-refractivity contribution in [3.63, 3.8) is 0 Å². The number of nitrogens with zero attached hydrogens (tertiary/aromatic N) is 1. The van der Waals surface area contributed by atoms with E-state index in [2.05, 4.69) is 15.7 Å². The van der Waals surface area contributed by atoms with E-state index in [0.717, 1.165) is 22.4 Å². The SMILES string of the molecule is O=C(CCc1ccc(Cl)c(Cl)c1)NCc1cccnc1-c1ccsc1. The lowest BCUT2D eigenvalue weighted by Crippen LogP contribution is -2.23. The Labute approximate surface area is 160 Å². The second-order valence-corrected chi connectivity index (χ2v) is 7.14. The zero-order chi connectivity index (χ0) is 17.6. The Kier molecular flexibility index (Phi) is 6.08. The maximum atomic E-state index is 12.2. The minimum atomic E-state index is -0.00815. The van der Waals surface area contributed by atoms with Gasteiger partial charge in [0.2, 0.25) is 5.91 Å². The lowest BCUT2D eigenvalue weighted by molar-refractivity contribution is -0.121. The highest BCUT2D eigenvalue weighted by molar-refractivity contribution is 7.08. The average molecular weight is 391 g/mol. The number of carbonyl (C=O) groups excluding carboxylic acids is 1. The van der Waals surface area contributed by atoms with E-state index < -0.39 is 0 Å². The minimum absolute atomic E-state index is 0.00815. The lowest BCUT2D eigenvalue weighted by atomic mass is 10.1. The summed E-state index contributed by atoms with van der Waals surface area (Å²) in [5, 5.41) is 8.06. The Morgan fingerprint density at radius 1 is 1.16 bits per heavy atom. The molecule has 0 aliphatic carbocycles. The van der Waals surface area contributed by atoms with Crippen LogP contribution in [0.15, 0.2) is 53.4 Å². The third-order valence-corrected chi connectivity index (χ3v) is 5.21. The van der Waals surface area contributed by atoms with Gasteiger partial charge in [-0.2, -0.15) is 11.3 Å². The van der Waals surface area contributed by atoms with Gasteiger partial charge in [-0.15, -0.1) is 0 Å². The highest BCUT2D eigenvalue weighted by atomic mass is 35.5. The molecule has 1 N–H and O–H groups in total. The Bertz CT molecular complexity index is 866. The number of aryl methyl sites for hydroxylation is 1. The number of amides is 1. The van der Waals surface area contributed by atoms with Crippen molar-refractivity contribution in [1.82, 2.24) is 10.3 Å². The number of halogens is 2. The van der Waals surface area contributed by atoms with E-state index in [1.165, 1.54) is 0 Å². The Balaban J connectivity index is 1.57. The largest absolute Gasteiger partial charge is 0.352 e. The zero-order valence-corrected chi connectivity index (χ0v) is 15.7. The fourth-order valence-corrected chi connectivity index (χ4v) is 3.44. The van der Waals surface area contributed by atoms with Crippen molar-refractivity contribution in [2.75, 3.05) is 0 Å². The Morgan fingerprint density at radius 2 is 2.04 bits per heavy atom. The molecule has 1 amide bonds. The van der Waals surface area contributed by atoms with Crippen LogP contribution in [0.5, 0.6) is 0 Å². The molecule has 0 spiro atoms. The highest BCUT2D eigenvalue weighted by Gasteiger charge is 2.09. The summed E-state index contributed by atoms with van der Waals surface area (Å²) in [7, 11) is 0. The van der Waals surface area contributed by atoms with Crippen molar-refractivity contribution < 1.29 is 4.79 Å². The standard InChI is InChI=1S/C19H16Cl2N2OS/c20-16-5-3-13(10-17(16)21)4-6-18(24)23-11-14-2-1-8-22-19(14)15-7-9-25-12-15/h1-3,5,7-10,12H,4,6,11H2,(H,23,24). The van der Waals surface area contributed by atoms with Gasteiger partial charge in [0.25, 0.3) is 0 Å². The fraction of sp³-hybridized carbons (Fsp3) is 0.158. The molecule has 3 rings (SSSR count). The molecule has 0 radical (unpaired) electrons. The molecule has 0 saturated carbocycles. The summed E-state index contributed by atoms with van der Waals surface area (Å²) in [5.74, 6) is -0.00815. The molecule has 0 atom stereocenters. The summed E-state index contributed by atoms with van der Waals surface area (Å²) in [6, 6.07) is 11.3. The van der Waals surface area contributed by atoms with Crippen molar-refractivity contribution in [2.45, 2.75) is 19.4 Å². The number of rotatable bonds is 6. The number of hydrogen-bond donors (Lipinski definition) is 1. The molecule has 0 aliphatic rings. The van der Waals surface area contributed by atoms with Gasteiger partial charge in [-0.1, -0.05) is 35.3 Å². The number of aromatic nitrogens is 1. The first-order chi connectivity index (χ1) is 12.1. The maximum absolute atomic E-state index is 12.2. The molecule has 3 aromatic rings. The first-order valence-corrected chi connectivity index (χ1v) is 9.50. The third-order valence-electron chi connectivity index (χ3n) is 3.79. The molecule has 2 aromatic heterocycles. The van der Waals surface area contributed by atoms with Gasteiger partial charge in [0.05, 0.1) is 15.7 Å². The first kappa shape index (κ1) is 17.9. The normalized spacial score (nSPS) is 10.6. The molecular weight excluding hydrogens is 375 g/mol. The van der Waals surface area contributed by atoms with Crippen molar-refractivity contribution in [2.24, 2.45) is 0 Å².